The van der Waals surface area contributed by atoms with E-state index < -0.39 is 5.41 Å². The van der Waals surface area contributed by atoms with Crippen LogP contribution in [-0.2, 0) is 9.59 Å². The molecule has 3 rings (SSSR count). The van der Waals surface area contributed by atoms with Crippen LogP contribution in [-0.4, -0.2) is 17.9 Å². The summed E-state index contributed by atoms with van der Waals surface area (Å²) >= 11 is 5.79. The largest absolute Gasteiger partial charge is 0.352 e. The molecule has 0 radical (unpaired) electrons. The molecule has 1 aromatic carbocycles. The fraction of sp³-hybridized carbons (Fsp3) is 0.429. The Hall–Kier alpha value is -1.55. The highest BCUT2D eigenvalue weighted by atomic mass is 35.5. The average molecular weight is 279 g/mol. The molecule has 1 aromatic rings. The van der Waals surface area contributed by atoms with E-state index in [9.17, 15) is 9.59 Å². The summed E-state index contributed by atoms with van der Waals surface area (Å²) < 4.78 is 0. The van der Waals surface area contributed by atoms with Crippen molar-refractivity contribution >= 4 is 29.1 Å². The Balaban J connectivity index is 1.65. The van der Waals surface area contributed by atoms with Crippen molar-refractivity contribution in [2.75, 3.05) is 5.32 Å². The minimum atomic E-state index is -0.845. The Labute approximate surface area is 116 Å². The number of hydrogen-bond donors (Lipinski definition) is 2. The molecule has 0 bridgehead atoms. The maximum absolute atomic E-state index is 12.2. The van der Waals surface area contributed by atoms with Crippen LogP contribution in [0, 0.1) is 5.41 Å². The summed E-state index contributed by atoms with van der Waals surface area (Å²) in [6.07, 6.45) is 3.32. The van der Waals surface area contributed by atoms with E-state index >= 15 is 0 Å². The van der Waals surface area contributed by atoms with Gasteiger partial charge in [-0.2, -0.15) is 0 Å². The molecular formula is C14H15ClN2O2. The minimum Gasteiger partial charge on any atom is -0.352 e. The van der Waals surface area contributed by atoms with Crippen LogP contribution in [0.1, 0.15) is 25.7 Å². The molecule has 2 aliphatic rings. The van der Waals surface area contributed by atoms with Crippen molar-refractivity contribution in [2.45, 2.75) is 31.7 Å². The smallest absolute Gasteiger partial charge is 0.240 e. The predicted molar refractivity (Wildman–Crippen MR) is 72.9 cm³/mol. The van der Waals surface area contributed by atoms with Crippen LogP contribution < -0.4 is 10.6 Å². The van der Waals surface area contributed by atoms with Crippen LogP contribution in [0.3, 0.4) is 0 Å². The number of halogens is 1. The number of carbonyl (C=O) groups is 2. The Morgan fingerprint density at radius 2 is 1.74 bits per heavy atom. The van der Waals surface area contributed by atoms with Gasteiger partial charge in [-0.15, -0.1) is 0 Å². The third-order valence-electron chi connectivity index (χ3n) is 3.63. The van der Waals surface area contributed by atoms with E-state index in [4.69, 9.17) is 11.6 Å². The lowest BCUT2D eigenvalue weighted by molar-refractivity contribution is -0.134. The number of benzene rings is 1. The van der Waals surface area contributed by atoms with Gasteiger partial charge in [0.1, 0.15) is 5.41 Å². The van der Waals surface area contributed by atoms with E-state index in [0.717, 1.165) is 12.8 Å². The van der Waals surface area contributed by atoms with Gasteiger partial charge in [0.25, 0.3) is 0 Å². The highest BCUT2D eigenvalue weighted by Crippen LogP contribution is 2.47. The fourth-order valence-corrected chi connectivity index (χ4v) is 2.14. The fourth-order valence-electron chi connectivity index (χ4n) is 2.02. The molecule has 2 aliphatic carbocycles. The van der Waals surface area contributed by atoms with Crippen LogP contribution in [0.5, 0.6) is 0 Å². The Bertz CT molecular complexity index is 519. The monoisotopic (exact) mass is 278 g/mol. The molecule has 2 N–H and O–H groups in total. The lowest BCUT2D eigenvalue weighted by Gasteiger charge is -2.15. The summed E-state index contributed by atoms with van der Waals surface area (Å²) in [4.78, 5) is 24.3. The molecule has 100 valence electrons. The van der Waals surface area contributed by atoms with Gasteiger partial charge in [-0.25, -0.2) is 0 Å². The van der Waals surface area contributed by atoms with Gasteiger partial charge in [0.05, 0.1) is 0 Å². The summed E-state index contributed by atoms with van der Waals surface area (Å²) in [5, 5.41) is 6.32. The number of nitrogens with one attached hydrogen (secondary N) is 2. The van der Waals surface area contributed by atoms with Gasteiger partial charge in [-0.1, -0.05) is 11.6 Å². The van der Waals surface area contributed by atoms with Crippen molar-refractivity contribution in [1.82, 2.24) is 5.32 Å². The van der Waals surface area contributed by atoms with Crippen molar-refractivity contribution in [3.8, 4) is 0 Å². The lowest BCUT2D eigenvalue weighted by Crippen LogP contribution is -2.40. The number of rotatable bonds is 4. The van der Waals surface area contributed by atoms with Crippen molar-refractivity contribution in [2.24, 2.45) is 5.41 Å². The molecule has 4 nitrogen and oxygen atoms in total. The summed E-state index contributed by atoms with van der Waals surface area (Å²) in [7, 11) is 0. The Morgan fingerprint density at radius 3 is 2.26 bits per heavy atom. The van der Waals surface area contributed by atoms with Crippen LogP contribution >= 0.6 is 11.6 Å². The minimum absolute atomic E-state index is 0.124. The summed E-state index contributed by atoms with van der Waals surface area (Å²) in [5.74, 6) is -0.338. The van der Waals surface area contributed by atoms with Crippen LogP contribution in [0.15, 0.2) is 24.3 Å². The van der Waals surface area contributed by atoms with Crippen molar-refractivity contribution < 1.29 is 9.59 Å². The molecule has 5 heteroatoms. The number of carbonyl (C=O) groups excluding carboxylic acids is 2. The van der Waals surface area contributed by atoms with E-state index in [1.54, 1.807) is 24.3 Å². The van der Waals surface area contributed by atoms with Gasteiger partial charge in [0.15, 0.2) is 0 Å². The maximum atomic E-state index is 12.2. The Morgan fingerprint density at radius 1 is 1.11 bits per heavy atom. The topological polar surface area (TPSA) is 58.2 Å². The lowest BCUT2D eigenvalue weighted by atomic mass is 10.0. The van der Waals surface area contributed by atoms with Crippen LogP contribution in [0.4, 0.5) is 5.69 Å². The SMILES string of the molecule is O=C(Nc1ccc(Cl)cc1)C1(C(=O)NC2CC2)CC1. The first-order valence-corrected chi connectivity index (χ1v) is 6.86. The summed E-state index contributed by atoms with van der Waals surface area (Å²) in [5.41, 5.74) is -0.178. The average Bonchev–Trinajstić information content (AvgIpc) is 3.25. The molecule has 19 heavy (non-hydrogen) atoms. The standard InChI is InChI=1S/C14H15ClN2O2/c15-9-1-3-10(4-2-9)16-12(18)14(7-8-14)13(19)17-11-5-6-11/h1-4,11H,5-8H2,(H,16,18)(H,17,19). The predicted octanol–water partition coefficient (Wildman–Crippen LogP) is 2.34. The highest BCUT2D eigenvalue weighted by molar-refractivity contribution is 6.30. The van der Waals surface area contributed by atoms with E-state index in [0.29, 0.717) is 23.6 Å². The van der Waals surface area contributed by atoms with Crippen molar-refractivity contribution in [3.63, 3.8) is 0 Å². The molecule has 0 heterocycles. The van der Waals surface area contributed by atoms with Gasteiger partial charge in [0.2, 0.25) is 11.8 Å². The molecule has 0 unspecified atom stereocenters. The molecule has 0 saturated heterocycles. The molecule has 2 amide bonds. The third kappa shape index (κ3) is 2.59. The number of amides is 2. The van der Waals surface area contributed by atoms with Crippen molar-refractivity contribution in [1.29, 1.82) is 0 Å². The van der Waals surface area contributed by atoms with E-state index in [-0.39, 0.29) is 17.9 Å². The zero-order valence-electron chi connectivity index (χ0n) is 10.4. The summed E-state index contributed by atoms with van der Waals surface area (Å²) in [6, 6.07) is 7.17. The normalized spacial score (nSPS) is 19.6. The zero-order valence-corrected chi connectivity index (χ0v) is 11.2. The molecular weight excluding hydrogens is 264 g/mol. The number of anilines is 1. The second kappa shape index (κ2) is 4.53. The van der Waals surface area contributed by atoms with E-state index in [1.165, 1.54) is 0 Å². The van der Waals surface area contributed by atoms with E-state index in [2.05, 4.69) is 10.6 Å². The Kier molecular flexibility index (Phi) is 2.97. The molecule has 2 saturated carbocycles. The first-order chi connectivity index (χ1) is 9.10. The van der Waals surface area contributed by atoms with Crippen LogP contribution in [0.25, 0.3) is 0 Å². The zero-order chi connectivity index (χ0) is 13.5. The third-order valence-corrected chi connectivity index (χ3v) is 3.89. The second-order valence-corrected chi connectivity index (χ2v) is 5.73. The van der Waals surface area contributed by atoms with Crippen LogP contribution in [0.2, 0.25) is 5.02 Å². The van der Waals surface area contributed by atoms with Crippen molar-refractivity contribution in [3.05, 3.63) is 29.3 Å². The van der Waals surface area contributed by atoms with Gasteiger partial charge in [0, 0.05) is 16.8 Å². The molecule has 2 fully saturated rings. The quantitative estimate of drug-likeness (QED) is 0.831. The maximum Gasteiger partial charge on any atom is 0.240 e. The first kappa shape index (κ1) is 12.5. The highest BCUT2D eigenvalue weighted by Gasteiger charge is 2.57. The van der Waals surface area contributed by atoms with Gasteiger partial charge in [-0.05, 0) is 49.9 Å². The summed E-state index contributed by atoms with van der Waals surface area (Å²) in [6.45, 7) is 0. The molecule has 0 aromatic heterocycles. The first-order valence-electron chi connectivity index (χ1n) is 6.48. The van der Waals surface area contributed by atoms with E-state index in [1.807, 2.05) is 0 Å². The van der Waals surface area contributed by atoms with Gasteiger partial charge < -0.3 is 10.6 Å². The number of hydrogen-bond acceptors (Lipinski definition) is 2. The van der Waals surface area contributed by atoms with Gasteiger partial charge in [-0.3, -0.25) is 9.59 Å². The molecule has 0 aliphatic heterocycles. The molecule has 0 atom stereocenters. The second-order valence-electron chi connectivity index (χ2n) is 5.29. The molecule has 0 spiro atoms. The van der Waals surface area contributed by atoms with Gasteiger partial charge >= 0.3 is 0 Å².